The Morgan fingerprint density at radius 2 is 2.07 bits per heavy atom. The molecule has 28 heavy (non-hydrogen) atoms. The Balaban J connectivity index is 1.88. The van der Waals surface area contributed by atoms with Crippen LogP contribution in [-0.4, -0.2) is 22.8 Å². The van der Waals surface area contributed by atoms with Gasteiger partial charge in [-0.25, -0.2) is 9.79 Å². The molecule has 0 amide bonds. The van der Waals surface area contributed by atoms with Crippen LogP contribution in [0.15, 0.2) is 53.2 Å². The van der Waals surface area contributed by atoms with Crippen LogP contribution in [0.5, 0.6) is 5.75 Å². The van der Waals surface area contributed by atoms with Gasteiger partial charge >= 0.3 is 11.9 Å². The van der Waals surface area contributed by atoms with Crippen molar-refractivity contribution in [3.05, 3.63) is 75.0 Å². The molecule has 1 aliphatic rings. The summed E-state index contributed by atoms with van der Waals surface area (Å²) < 4.78 is 10.3. The quantitative estimate of drug-likeness (QED) is 0.258. The zero-order valence-electron chi connectivity index (χ0n) is 15.2. The van der Waals surface area contributed by atoms with E-state index in [1.165, 1.54) is 24.3 Å². The maximum atomic E-state index is 12.1. The first kappa shape index (κ1) is 19.0. The van der Waals surface area contributed by atoms with Crippen molar-refractivity contribution in [1.82, 2.24) is 0 Å². The van der Waals surface area contributed by atoms with Crippen LogP contribution in [0.1, 0.15) is 30.0 Å². The fourth-order valence-corrected chi connectivity index (χ4v) is 2.56. The summed E-state index contributed by atoms with van der Waals surface area (Å²) in [7, 11) is 0. The van der Waals surface area contributed by atoms with Gasteiger partial charge in [-0.15, -0.1) is 0 Å². The second-order valence-corrected chi connectivity index (χ2v) is 5.99. The highest BCUT2D eigenvalue weighted by atomic mass is 16.6. The normalized spacial score (nSPS) is 14.6. The van der Waals surface area contributed by atoms with Crippen LogP contribution in [0.3, 0.4) is 0 Å². The molecule has 1 aliphatic heterocycles. The van der Waals surface area contributed by atoms with E-state index in [2.05, 4.69) is 4.99 Å². The highest BCUT2D eigenvalue weighted by Crippen LogP contribution is 2.24. The number of ether oxygens (including phenoxy) is 2. The zero-order valence-corrected chi connectivity index (χ0v) is 15.2. The van der Waals surface area contributed by atoms with Gasteiger partial charge in [-0.2, -0.15) is 0 Å². The number of cyclic esters (lactones) is 1. The molecular weight excluding hydrogens is 364 g/mol. The first-order valence-electron chi connectivity index (χ1n) is 8.46. The zero-order chi connectivity index (χ0) is 20.3. The summed E-state index contributed by atoms with van der Waals surface area (Å²) in [6.45, 7) is 3.29. The number of aryl methyl sites for hydroxylation is 1. The summed E-state index contributed by atoms with van der Waals surface area (Å²) in [5.74, 6) is -0.563. The number of nitrogens with zero attached hydrogens (tertiary/aromatic N) is 2. The van der Waals surface area contributed by atoms with Gasteiger partial charge < -0.3 is 9.47 Å². The molecule has 0 fully saturated rings. The molecule has 2 aromatic carbocycles. The number of hydrogen-bond donors (Lipinski definition) is 0. The molecule has 0 saturated heterocycles. The van der Waals surface area contributed by atoms with Gasteiger partial charge in [0, 0.05) is 23.6 Å². The minimum atomic E-state index is -0.637. The van der Waals surface area contributed by atoms with E-state index >= 15 is 0 Å². The van der Waals surface area contributed by atoms with Crippen molar-refractivity contribution >= 4 is 29.6 Å². The average Bonchev–Trinajstić information content (AvgIpc) is 3.02. The largest absolute Gasteiger partial charge is 0.427 e. The van der Waals surface area contributed by atoms with Crippen molar-refractivity contribution in [1.29, 1.82) is 0 Å². The molecule has 0 atom stereocenters. The standard InChI is InChI=1S/C20H16N2O6/c1-3-18(23)27-15-6-4-5-13(10-15)11-16-20(24)28-19(21-16)14-7-8-17(22(25)26)12(2)9-14/h4-11H,3H2,1-2H3/b16-11-. The SMILES string of the molecule is CCC(=O)Oc1cccc(/C=C2\N=C(c3ccc([N+](=O)[O-])c(C)c3)OC2=O)c1. The van der Waals surface area contributed by atoms with Crippen LogP contribution in [0, 0.1) is 17.0 Å². The Hall–Kier alpha value is -3.81. The van der Waals surface area contributed by atoms with E-state index in [-0.39, 0.29) is 29.7 Å². The summed E-state index contributed by atoms with van der Waals surface area (Å²) in [6, 6.07) is 11.0. The van der Waals surface area contributed by atoms with E-state index < -0.39 is 10.9 Å². The van der Waals surface area contributed by atoms with Gasteiger partial charge in [0.1, 0.15) is 5.75 Å². The summed E-state index contributed by atoms with van der Waals surface area (Å²) >= 11 is 0. The van der Waals surface area contributed by atoms with Gasteiger partial charge in [0.25, 0.3) is 5.69 Å². The third kappa shape index (κ3) is 4.12. The monoisotopic (exact) mass is 380 g/mol. The number of carbonyl (C=O) groups is 2. The van der Waals surface area contributed by atoms with Crippen molar-refractivity contribution in [3.63, 3.8) is 0 Å². The maximum Gasteiger partial charge on any atom is 0.363 e. The molecule has 0 saturated carbocycles. The minimum absolute atomic E-state index is 0.0251. The number of esters is 2. The van der Waals surface area contributed by atoms with Gasteiger partial charge in [0.15, 0.2) is 5.70 Å². The van der Waals surface area contributed by atoms with Crippen LogP contribution in [-0.2, 0) is 14.3 Å². The fraction of sp³-hybridized carbons (Fsp3) is 0.150. The molecule has 142 valence electrons. The minimum Gasteiger partial charge on any atom is -0.427 e. The predicted octanol–water partition coefficient (Wildman–Crippen LogP) is 3.56. The molecule has 0 N–H and O–H groups in total. The van der Waals surface area contributed by atoms with E-state index in [1.807, 2.05) is 0 Å². The molecule has 8 nitrogen and oxygen atoms in total. The molecular formula is C20H16N2O6. The number of rotatable bonds is 5. The highest BCUT2D eigenvalue weighted by Gasteiger charge is 2.25. The molecule has 2 aromatic rings. The lowest BCUT2D eigenvalue weighted by molar-refractivity contribution is -0.385. The Kier molecular flexibility index (Phi) is 5.30. The Morgan fingerprint density at radius 1 is 1.29 bits per heavy atom. The lowest BCUT2D eigenvalue weighted by atomic mass is 10.1. The summed E-state index contributed by atoms with van der Waals surface area (Å²) in [6.07, 6.45) is 1.76. The molecule has 8 heteroatoms. The second kappa shape index (κ2) is 7.83. The molecule has 0 spiro atoms. The van der Waals surface area contributed by atoms with E-state index in [0.717, 1.165) is 0 Å². The fourth-order valence-electron chi connectivity index (χ4n) is 2.56. The maximum absolute atomic E-state index is 12.1. The van der Waals surface area contributed by atoms with E-state index in [4.69, 9.17) is 9.47 Å². The summed E-state index contributed by atoms with van der Waals surface area (Å²) in [5.41, 5.74) is 1.56. The van der Waals surface area contributed by atoms with Gasteiger partial charge in [0.05, 0.1) is 4.92 Å². The first-order valence-corrected chi connectivity index (χ1v) is 8.46. The van der Waals surface area contributed by atoms with Gasteiger partial charge in [-0.1, -0.05) is 19.1 Å². The van der Waals surface area contributed by atoms with Crippen LogP contribution in [0.2, 0.25) is 0 Å². The lowest BCUT2D eigenvalue weighted by Crippen LogP contribution is -2.06. The summed E-state index contributed by atoms with van der Waals surface area (Å²) in [5, 5.41) is 10.9. The smallest absolute Gasteiger partial charge is 0.363 e. The molecule has 0 aromatic heterocycles. The van der Waals surface area contributed by atoms with Crippen LogP contribution in [0.25, 0.3) is 6.08 Å². The molecule has 3 rings (SSSR count). The third-order valence-corrected chi connectivity index (χ3v) is 3.94. The van der Waals surface area contributed by atoms with Gasteiger partial charge in [-0.3, -0.25) is 14.9 Å². The van der Waals surface area contributed by atoms with Crippen molar-refractivity contribution in [2.45, 2.75) is 20.3 Å². The Labute approximate surface area is 160 Å². The first-order chi connectivity index (χ1) is 13.4. The number of hydrogen-bond acceptors (Lipinski definition) is 7. The number of nitro groups is 1. The Bertz CT molecular complexity index is 1040. The van der Waals surface area contributed by atoms with Gasteiger partial charge in [-0.05, 0) is 42.8 Å². The molecule has 0 aliphatic carbocycles. The average molecular weight is 380 g/mol. The number of benzene rings is 2. The van der Waals surface area contributed by atoms with Crippen molar-refractivity contribution in [2.24, 2.45) is 4.99 Å². The van der Waals surface area contributed by atoms with E-state index in [1.54, 1.807) is 38.1 Å². The van der Waals surface area contributed by atoms with Crippen molar-refractivity contribution in [3.8, 4) is 5.75 Å². The molecule has 0 bridgehead atoms. The molecule has 1 heterocycles. The highest BCUT2D eigenvalue weighted by molar-refractivity contribution is 6.13. The number of aliphatic imine (C=N–C) groups is 1. The third-order valence-electron chi connectivity index (χ3n) is 3.94. The van der Waals surface area contributed by atoms with Crippen molar-refractivity contribution in [2.75, 3.05) is 0 Å². The molecule has 0 unspecified atom stereocenters. The van der Waals surface area contributed by atoms with Crippen LogP contribution in [0.4, 0.5) is 5.69 Å². The second-order valence-electron chi connectivity index (χ2n) is 5.99. The molecule has 0 radical (unpaired) electrons. The van der Waals surface area contributed by atoms with Gasteiger partial charge in [0.2, 0.25) is 5.90 Å². The number of nitro benzene ring substituents is 1. The van der Waals surface area contributed by atoms with E-state index in [9.17, 15) is 19.7 Å². The predicted molar refractivity (Wildman–Crippen MR) is 101 cm³/mol. The van der Waals surface area contributed by atoms with Crippen LogP contribution < -0.4 is 4.74 Å². The van der Waals surface area contributed by atoms with E-state index in [0.29, 0.717) is 22.4 Å². The van der Waals surface area contributed by atoms with Crippen molar-refractivity contribution < 1.29 is 24.0 Å². The van der Waals surface area contributed by atoms with Crippen LogP contribution >= 0.6 is 0 Å². The Morgan fingerprint density at radius 3 is 2.75 bits per heavy atom. The number of carbonyl (C=O) groups excluding carboxylic acids is 2. The lowest BCUT2D eigenvalue weighted by Gasteiger charge is -2.03. The topological polar surface area (TPSA) is 108 Å². The summed E-state index contributed by atoms with van der Waals surface area (Å²) in [4.78, 5) is 38.2.